The molecule has 0 aromatic heterocycles. The minimum absolute atomic E-state index is 0.0498. The number of allylic oxidation sites excluding steroid dienone is 12. The molecule has 0 aromatic carbocycles. The van der Waals surface area contributed by atoms with Crippen molar-refractivity contribution in [3.8, 4) is 0 Å². The van der Waals surface area contributed by atoms with Gasteiger partial charge in [0.1, 0.15) is 19.8 Å². The van der Waals surface area contributed by atoms with Crippen molar-refractivity contribution in [2.24, 2.45) is 0 Å². The summed E-state index contributed by atoms with van der Waals surface area (Å²) in [6.45, 7) is 3.65. The van der Waals surface area contributed by atoms with E-state index in [-0.39, 0.29) is 32.2 Å². The first-order valence-electron chi connectivity index (χ1n) is 22.7. The Morgan fingerprint density at radius 3 is 1.59 bits per heavy atom. The summed E-state index contributed by atoms with van der Waals surface area (Å²) in [4.78, 5) is 37.5. The molecule has 0 heterocycles. The molecule has 0 aliphatic rings. The van der Waals surface area contributed by atoms with Crippen LogP contribution >= 0.6 is 7.82 Å². The Morgan fingerprint density at radius 2 is 1.07 bits per heavy atom. The molecule has 10 nitrogen and oxygen atoms in total. The second-order valence-corrected chi connectivity index (χ2v) is 17.7. The monoisotopic (exact) mass is 850 g/mol. The number of phosphoric ester groups is 1. The van der Waals surface area contributed by atoms with Crippen LogP contribution in [0.4, 0.5) is 0 Å². The molecule has 0 radical (unpaired) electrons. The highest BCUT2D eigenvalue weighted by molar-refractivity contribution is 7.45. The lowest BCUT2D eigenvalue weighted by molar-refractivity contribution is -0.870. The van der Waals surface area contributed by atoms with E-state index in [9.17, 15) is 24.2 Å². The number of nitrogens with zero attached hydrogens (tertiary/aromatic N) is 1. The molecule has 1 N–H and O–H groups in total. The summed E-state index contributed by atoms with van der Waals surface area (Å²) in [5.41, 5.74) is 0. The Morgan fingerprint density at radius 1 is 0.610 bits per heavy atom. The summed E-state index contributed by atoms with van der Waals surface area (Å²) >= 11 is 0. The van der Waals surface area contributed by atoms with Crippen LogP contribution in [0.2, 0.25) is 0 Å². The first-order chi connectivity index (χ1) is 28.3. The number of quaternary nitrogens is 1. The standard InChI is InChI=1S/C48H84NO9P/c1-6-7-8-9-10-11-12-13-14-15-18-22-25-28-31-34-37-40-48(52)58-46(44-57-59(53,54)56-42-41-49(3,4)5)43-55-47(51)39-36-33-30-27-24-21-19-16-17-20-23-26-29-32-35-38-45(2)50/h10-11,13-14,17,19-21,26-27,29-30,45-46,50H,6-9,12,15-16,18,22-25,28,31-44H2,1-5H3/b11-10-,14-13-,20-17-,21-19-,29-26-,30-27-/t45-,46-/m1/s1. The van der Waals surface area contributed by atoms with Gasteiger partial charge in [-0.25, -0.2) is 0 Å². The van der Waals surface area contributed by atoms with Gasteiger partial charge in [0.05, 0.1) is 33.9 Å². The number of unbranched alkanes of at least 4 members (excludes halogenated alkanes) is 12. The van der Waals surface area contributed by atoms with Gasteiger partial charge in [-0.15, -0.1) is 0 Å². The lowest BCUT2D eigenvalue weighted by atomic mass is 10.1. The van der Waals surface area contributed by atoms with E-state index in [0.29, 0.717) is 30.3 Å². The van der Waals surface area contributed by atoms with Gasteiger partial charge in [-0.1, -0.05) is 125 Å². The predicted octanol–water partition coefficient (Wildman–Crippen LogP) is 11.4. The third kappa shape index (κ3) is 44.8. The van der Waals surface area contributed by atoms with Crippen LogP contribution in [0.15, 0.2) is 72.9 Å². The largest absolute Gasteiger partial charge is 0.756 e. The smallest absolute Gasteiger partial charge is 0.306 e. The topological polar surface area (TPSA) is 131 Å². The van der Waals surface area contributed by atoms with Crippen molar-refractivity contribution in [3.05, 3.63) is 72.9 Å². The van der Waals surface area contributed by atoms with Crippen LogP contribution < -0.4 is 4.89 Å². The number of hydrogen-bond donors (Lipinski definition) is 1. The molecule has 0 aliphatic carbocycles. The maximum absolute atomic E-state index is 12.7. The van der Waals surface area contributed by atoms with E-state index in [1.165, 1.54) is 44.9 Å². The van der Waals surface area contributed by atoms with Gasteiger partial charge in [-0.2, -0.15) is 0 Å². The van der Waals surface area contributed by atoms with E-state index >= 15 is 0 Å². The van der Waals surface area contributed by atoms with Crippen LogP contribution in [0.5, 0.6) is 0 Å². The molecular formula is C48H84NO9P. The van der Waals surface area contributed by atoms with Crippen LogP contribution in [-0.2, 0) is 32.7 Å². The highest BCUT2D eigenvalue weighted by Gasteiger charge is 2.21. The number of phosphoric acid groups is 1. The van der Waals surface area contributed by atoms with Crippen LogP contribution in [0.1, 0.15) is 162 Å². The van der Waals surface area contributed by atoms with E-state index < -0.39 is 32.5 Å². The predicted molar refractivity (Wildman–Crippen MR) is 242 cm³/mol. The molecule has 3 atom stereocenters. The SMILES string of the molecule is CCCCC/C=C\C/C=C\CCCCCCCCCC(=O)O[C@H](COC(=O)CCC/C=C\C/C=C\C/C=C\C/C=C\CCC[C@@H](C)O)COP(=O)([O-])OCC[N+](C)(C)C. The average Bonchev–Trinajstić information content (AvgIpc) is 3.17. The molecule has 0 saturated heterocycles. The zero-order chi connectivity index (χ0) is 43.7. The van der Waals surface area contributed by atoms with Gasteiger partial charge in [-0.05, 0) is 96.8 Å². The molecule has 0 spiro atoms. The van der Waals surface area contributed by atoms with Crippen LogP contribution in [0.3, 0.4) is 0 Å². The second kappa shape index (κ2) is 39.5. The fourth-order valence-corrected chi connectivity index (χ4v) is 6.36. The van der Waals surface area contributed by atoms with E-state index in [0.717, 1.165) is 70.6 Å². The normalized spacial score (nSPS) is 14.8. The molecule has 0 amide bonds. The molecule has 0 saturated carbocycles. The van der Waals surface area contributed by atoms with Crippen LogP contribution in [0.25, 0.3) is 0 Å². The zero-order valence-electron chi connectivity index (χ0n) is 37.8. The van der Waals surface area contributed by atoms with Crippen LogP contribution in [-0.4, -0.2) is 81.2 Å². The molecule has 0 rings (SSSR count). The molecule has 0 aromatic rings. The van der Waals surface area contributed by atoms with Crippen molar-refractivity contribution in [1.82, 2.24) is 0 Å². The van der Waals surface area contributed by atoms with E-state index in [2.05, 4.69) is 73.8 Å². The summed E-state index contributed by atoms with van der Waals surface area (Å²) in [6, 6.07) is 0. The number of carbonyl (C=O) groups is 2. The minimum atomic E-state index is -4.65. The van der Waals surface area contributed by atoms with Crippen molar-refractivity contribution in [1.29, 1.82) is 0 Å². The third-order valence-corrected chi connectivity index (χ3v) is 10.2. The summed E-state index contributed by atoms with van der Waals surface area (Å²) < 4.78 is 33.8. The van der Waals surface area contributed by atoms with Crippen molar-refractivity contribution in [2.75, 3.05) is 47.5 Å². The minimum Gasteiger partial charge on any atom is -0.756 e. The fraction of sp³-hybridized carbons (Fsp3) is 0.708. The average molecular weight is 850 g/mol. The van der Waals surface area contributed by atoms with E-state index in [1.54, 1.807) is 0 Å². The van der Waals surface area contributed by atoms with Crippen molar-refractivity contribution < 1.29 is 47.2 Å². The maximum atomic E-state index is 12.7. The fourth-order valence-electron chi connectivity index (χ4n) is 5.64. The number of hydrogen-bond acceptors (Lipinski definition) is 9. The molecule has 0 bridgehead atoms. The first-order valence-corrected chi connectivity index (χ1v) is 24.1. The highest BCUT2D eigenvalue weighted by atomic mass is 31.2. The van der Waals surface area contributed by atoms with Gasteiger partial charge in [0.25, 0.3) is 7.82 Å². The number of ether oxygens (including phenoxy) is 2. The van der Waals surface area contributed by atoms with Gasteiger partial charge in [0.15, 0.2) is 6.10 Å². The summed E-state index contributed by atoms with van der Waals surface area (Å²) in [6.07, 6.45) is 46.3. The maximum Gasteiger partial charge on any atom is 0.306 e. The van der Waals surface area contributed by atoms with Gasteiger partial charge >= 0.3 is 11.9 Å². The molecule has 1 unspecified atom stereocenters. The summed E-state index contributed by atoms with van der Waals surface area (Å²) in [5, 5.41) is 9.28. The van der Waals surface area contributed by atoms with Crippen molar-refractivity contribution in [3.63, 3.8) is 0 Å². The Balaban J connectivity index is 4.46. The molecule has 59 heavy (non-hydrogen) atoms. The Labute approximate surface area is 360 Å². The molecular weight excluding hydrogens is 766 g/mol. The zero-order valence-corrected chi connectivity index (χ0v) is 38.7. The highest BCUT2D eigenvalue weighted by Crippen LogP contribution is 2.38. The number of aliphatic hydroxyl groups is 1. The molecule has 11 heteroatoms. The van der Waals surface area contributed by atoms with Crippen LogP contribution in [0, 0.1) is 0 Å². The number of carbonyl (C=O) groups excluding carboxylic acids is 2. The number of esters is 2. The second-order valence-electron chi connectivity index (χ2n) is 16.3. The summed E-state index contributed by atoms with van der Waals surface area (Å²) in [7, 11) is 1.10. The summed E-state index contributed by atoms with van der Waals surface area (Å²) in [5.74, 6) is -0.932. The Hall–Kier alpha value is -2.59. The molecule has 340 valence electrons. The van der Waals surface area contributed by atoms with E-state index in [1.807, 2.05) is 34.1 Å². The lowest BCUT2D eigenvalue weighted by Crippen LogP contribution is -2.37. The van der Waals surface area contributed by atoms with Crippen molar-refractivity contribution >= 4 is 19.8 Å². The number of rotatable bonds is 40. The van der Waals surface area contributed by atoms with Crippen molar-refractivity contribution in [2.45, 2.75) is 174 Å². The number of likely N-dealkylation sites (N-methyl/N-ethyl adjacent to an activating group) is 1. The van der Waals surface area contributed by atoms with Gasteiger partial charge in [-0.3, -0.25) is 14.2 Å². The van der Waals surface area contributed by atoms with Gasteiger partial charge in [0.2, 0.25) is 0 Å². The first kappa shape index (κ1) is 56.4. The quantitative estimate of drug-likeness (QED) is 0.0210. The number of aliphatic hydroxyl groups excluding tert-OH is 1. The lowest BCUT2D eigenvalue weighted by Gasteiger charge is -2.28. The van der Waals surface area contributed by atoms with Gasteiger partial charge in [0, 0.05) is 12.8 Å². The molecule has 0 aliphatic heterocycles. The molecule has 0 fully saturated rings. The van der Waals surface area contributed by atoms with Gasteiger partial charge < -0.3 is 33.0 Å². The Kier molecular flexibility index (Phi) is 37.8. The van der Waals surface area contributed by atoms with E-state index in [4.69, 9.17) is 18.5 Å². The third-order valence-electron chi connectivity index (χ3n) is 9.22. The Bertz CT molecular complexity index is 1250.